The lowest BCUT2D eigenvalue weighted by Crippen LogP contribution is -2.58. The summed E-state index contributed by atoms with van der Waals surface area (Å²) in [4.78, 5) is 22.7. The largest absolute Gasteiger partial charge is 0.457 e. The standard InChI is InChI=1S/C22H26N6O2/c1-25-19(29)15-6-5-7-18(14-15)30-17-10-8-16(9-11-17)28-21(24)26-20(23)27-22(28)12-3-2-4-13-22/h5-11,14H,2-4,12-13H2,1H3,(H,25,29)(H4,23,24,26,27). The summed E-state index contributed by atoms with van der Waals surface area (Å²) in [5.41, 5.74) is 13.2. The zero-order valence-corrected chi connectivity index (χ0v) is 17.0. The number of guanidine groups is 2. The molecular weight excluding hydrogens is 380 g/mol. The Morgan fingerprint density at radius 1 is 1.07 bits per heavy atom. The predicted molar refractivity (Wildman–Crippen MR) is 118 cm³/mol. The smallest absolute Gasteiger partial charge is 0.251 e. The van der Waals surface area contributed by atoms with Gasteiger partial charge in [-0.2, -0.15) is 4.99 Å². The first-order chi connectivity index (χ1) is 14.5. The number of carbonyl (C=O) groups excluding carboxylic acids is 1. The van der Waals surface area contributed by atoms with Crippen LogP contribution in [0.25, 0.3) is 0 Å². The summed E-state index contributed by atoms with van der Waals surface area (Å²) >= 11 is 0. The van der Waals surface area contributed by atoms with E-state index < -0.39 is 5.66 Å². The highest BCUT2D eigenvalue weighted by Crippen LogP contribution is 2.40. The van der Waals surface area contributed by atoms with Crippen LogP contribution in [-0.2, 0) is 0 Å². The fourth-order valence-electron chi connectivity index (χ4n) is 4.14. The Balaban J connectivity index is 1.57. The number of hydrogen-bond acceptors (Lipinski definition) is 7. The maximum Gasteiger partial charge on any atom is 0.251 e. The van der Waals surface area contributed by atoms with E-state index in [0.717, 1.165) is 31.4 Å². The number of nitrogens with two attached hydrogens (primary N) is 2. The monoisotopic (exact) mass is 406 g/mol. The molecule has 0 bridgehead atoms. The van der Waals surface area contributed by atoms with Gasteiger partial charge in [0.1, 0.15) is 17.2 Å². The Bertz CT molecular complexity index is 993. The van der Waals surface area contributed by atoms with Crippen LogP contribution in [0.15, 0.2) is 58.5 Å². The van der Waals surface area contributed by atoms with Crippen molar-refractivity contribution in [2.24, 2.45) is 21.5 Å². The van der Waals surface area contributed by atoms with Crippen LogP contribution in [0.3, 0.4) is 0 Å². The maximum atomic E-state index is 11.8. The summed E-state index contributed by atoms with van der Waals surface area (Å²) in [6.07, 6.45) is 5.10. The fourth-order valence-corrected chi connectivity index (χ4v) is 4.14. The van der Waals surface area contributed by atoms with Gasteiger partial charge in [0.05, 0.1) is 0 Å². The van der Waals surface area contributed by atoms with E-state index in [9.17, 15) is 4.79 Å². The average molecular weight is 406 g/mol. The summed E-state index contributed by atoms with van der Waals surface area (Å²) in [6, 6.07) is 14.7. The molecular formula is C22H26N6O2. The lowest BCUT2D eigenvalue weighted by molar-refractivity contribution is 0.0963. The number of aliphatic imine (C=N–C) groups is 2. The molecule has 156 valence electrons. The third-order valence-electron chi connectivity index (χ3n) is 5.51. The summed E-state index contributed by atoms with van der Waals surface area (Å²) in [7, 11) is 1.60. The topological polar surface area (TPSA) is 118 Å². The van der Waals surface area contributed by atoms with Crippen molar-refractivity contribution in [3.63, 3.8) is 0 Å². The Hall–Kier alpha value is -3.55. The Labute approximate surface area is 175 Å². The lowest BCUT2D eigenvalue weighted by Gasteiger charge is -2.45. The van der Waals surface area contributed by atoms with Crippen molar-refractivity contribution in [3.05, 3.63) is 54.1 Å². The molecule has 0 atom stereocenters. The van der Waals surface area contributed by atoms with Gasteiger partial charge in [-0.05, 0) is 68.1 Å². The van der Waals surface area contributed by atoms with Crippen LogP contribution in [-0.4, -0.2) is 30.5 Å². The van der Waals surface area contributed by atoms with Gasteiger partial charge in [0, 0.05) is 18.3 Å². The quantitative estimate of drug-likeness (QED) is 0.721. The van der Waals surface area contributed by atoms with E-state index in [1.165, 1.54) is 6.42 Å². The second kappa shape index (κ2) is 8.06. The Morgan fingerprint density at radius 2 is 1.80 bits per heavy atom. The highest BCUT2D eigenvalue weighted by Gasteiger charge is 2.42. The van der Waals surface area contributed by atoms with Crippen LogP contribution >= 0.6 is 0 Å². The molecule has 1 saturated carbocycles. The zero-order chi connectivity index (χ0) is 21.1. The normalized spacial score (nSPS) is 17.8. The molecule has 1 spiro atoms. The van der Waals surface area contributed by atoms with Crippen LogP contribution in [0.2, 0.25) is 0 Å². The summed E-state index contributed by atoms with van der Waals surface area (Å²) in [6.45, 7) is 0. The van der Waals surface area contributed by atoms with E-state index >= 15 is 0 Å². The maximum absolute atomic E-state index is 11.8. The van der Waals surface area contributed by atoms with Crippen molar-refractivity contribution in [2.75, 3.05) is 11.9 Å². The first-order valence-electron chi connectivity index (χ1n) is 10.1. The van der Waals surface area contributed by atoms with Crippen LogP contribution in [0.4, 0.5) is 5.69 Å². The van der Waals surface area contributed by atoms with Gasteiger partial charge < -0.3 is 21.5 Å². The minimum Gasteiger partial charge on any atom is -0.457 e. The van der Waals surface area contributed by atoms with Gasteiger partial charge in [0.25, 0.3) is 5.91 Å². The third-order valence-corrected chi connectivity index (χ3v) is 5.51. The van der Waals surface area contributed by atoms with E-state index in [4.69, 9.17) is 16.2 Å². The molecule has 4 rings (SSSR count). The molecule has 1 aliphatic heterocycles. The third kappa shape index (κ3) is 3.80. The van der Waals surface area contributed by atoms with Crippen molar-refractivity contribution < 1.29 is 9.53 Å². The zero-order valence-electron chi connectivity index (χ0n) is 17.0. The highest BCUT2D eigenvalue weighted by molar-refractivity contribution is 6.05. The van der Waals surface area contributed by atoms with Gasteiger partial charge in [-0.3, -0.25) is 9.69 Å². The molecule has 1 fully saturated rings. The SMILES string of the molecule is CNC(=O)c1cccc(Oc2ccc(N3C(N)=NC(N)=NC34CCCCC4)cc2)c1. The van der Waals surface area contributed by atoms with Crippen LogP contribution in [0.5, 0.6) is 11.5 Å². The van der Waals surface area contributed by atoms with Gasteiger partial charge in [0.2, 0.25) is 11.9 Å². The Morgan fingerprint density at radius 3 is 2.50 bits per heavy atom. The van der Waals surface area contributed by atoms with Crippen LogP contribution in [0.1, 0.15) is 42.5 Å². The van der Waals surface area contributed by atoms with Gasteiger partial charge in [-0.15, -0.1) is 0 Å². The van der Waals surface area contributed by atoms with Gasteiger partial charge >= 0.3 is 0 Å². The molecule has 2 aromatic rings. The molecule has 0 radical (unpaired) electrons. The van der Waals surface area contributed by atoms with E-state index in [-0.39, 0.29) is 11.9 Å². The number of nitrogens with one attached hydrogen (secondary N) is 1. The molecule has 8 nitrogen and oxygen atoms in total. The highest BCUT2D eigenvalue weighted by atomic mass is 16.5. The molecule has 0 aromatic heterocycles. The van der Waals surface area contributed by atoms with Crippen molar-refractivity contribution in [1.29, 1.82) is 0 Å². The number of hydrogen-bond donors (Lipinski definition) is 3. The lowest BCUT2D eigenvalue weighted by atomic mass is 9.87. The van der Waals surface area contributed by atoms with E-state index in [2.05, 4.69) is 15.3 Å². The molecule has 1 aliphatic carbocycles. The minimum atomic E-state index is -0.474. The predicted octanol–water partition coefficient (Wildman–Crippen LogP) is 2.95. The number of benzene rings is 2. The molecule has 5 N–H and O–H groups in total. The fraction of sp³-hybridized carbons (Fsp3) is 0.318. The van der Waals surface area contributed by atoms with Crippen molar-refractivity contribution in [3.8, 4) is 11.5 Å². The molecule has 8 heteroatoms. The van der Waals surface area contributed by atoms with Crippen molar-refractivity contribution in [1.82, 2.24) is 5.32 Å². The second-order valence-corrected chi connectivity index (χ2v) is 7.52. The second-order valence-electron chi connectivity index (χ2n) is 7.52. The van der Waals surface area contributed by atoms with Gasteiger partial charge in [-0.1, -0.05) is 12.5 Å². The first-order valence-corrected chi connectivity index (χ1v) is 10.1. The van der Waals surface area contributed by atoms with Crippen molar-refractivity contribution in [2.45, 2.75) is 37.8 Å². The number of anilines is 1. The summed E-state index contributed by atoms with van der Waals surface area (Å²) < 4.78 is 5.93. The molecule has 1 amide bonds. The van der Waals surface area contributed by atoms with Gasteiger partial charge in [-0.25, -0.2) is 4.99 Å². The average Bonchev–Trinajstić information content (AvgIpc) is 2.74. The van der Waals surface area contributed by atoms with Gasteiger partial charge in [0.15, 0.2) is 0 Å². The number of amides is 1. The molecule has 2 aromatic carbocycles. The summed E-state index contributed by atoms with van der Waals surface area (Å²) in [5, 5.41) is 2.61. The van der Waals surface area contributed by atoms with Crippen LogP contribution in [0, 0.1) is 0 Å². The molecule has 0 unspecified atom stereocenters. The number of rotatable bonds is 4. The molecule has 2 aliphatic rings. The van der Waals surface area contributed by atoms with Crippen LogP contribution < -0.4 is 26.4 Å². The molecule has 30 heavy (non-hydrogen) atoms. The van der Waals surface area contributed by atoms with E-state index in [1.807, 2.05) is 35.2 Å². The number of carbonyl (C=O) groups is 1. The first kappa shape index (κ1) is 19.8. The van der Waals surface area contributed by atoms with E-state index in [1.54, 1.807) is 25.2 Å². The molecule has 0 saturated heterocycles. The Kier molecular flexibility index (Phi) is 5.31. The molecule has 1 heterocycles. The van der Waals surface area contributed by atoms with Crippen molar-refractivity contribution >= 4 is 23.5 Å². The van der Waals surface area contributed by atoms with E-state index in [0.29, 0.717) is 23.0 Å². The minimum absolute atomic E-state index is 0.159. The summed E-state index contributed by atoms with van der Waals surface area (Å²) in [5.74, 6) is 1.68. The number of nitrogens with zero attached hydrogens (tertiary/aromatic N) is 3. The number of ether oxygens (including phenoxy) is 1.